The summed E-state index contributed by atoms with van der Waals surface area (Å²) in [6, 6.07) is 0. The standard InChI is InChI=1S/C14H21N3S/c1-2-7-18-9-13-16-12-5-6-15-8-11(12)14(17-13)10-3-4-10/h10,15H,2-9H2,1H3. The molecule has 1 aromatic rings. The van der Waals surface area contributed by atoms with E-state index in [-0.39, 0.29) is 0 Å². The van der Waals surface area contributed by atoms with Crippen molar-refractivity contribution in [3.63, 3.8) is 0 Å². The molecule has 2 heterocycles. The second-order valence-corrected chi connectivity index (χ2v) is 6.31. The summed E-state index contributed by atoms with van der Waals surface area (Å²) in [6.07, 6.45) is 4.95. The highest BCUT2D eigenvalue weighted by atomic mass is 32.2. The maximum absolute atomic E-state index is 4.85. The average Bonchev–Trinajstić information content (AvgIpc) is 3.22. The minimum absolute atomic E-state index is 0.733. The number of thioether (sulfide) groups is 1. The smallest absolute Gasteiger partial charge is 0.138 e. The van der Waals surface area contributed by atoms with Crippen LogP contribution in [0.1, 0.15) is 54.9 Å². The van der Waals surface area contributed by atoms with Crippen LogP contribution < -0.4 is 5.32 Å². The Balaban J connectivity index is 1.84. The highest BCUT2D eigenvalue weighted by Gasteiger charge is 2.30. The molecule has 98 valence electrons. The first-order valence-electron chi connectivity index (χ1n) is 7.05. The molecular weight excluding hydrogens is 242 g/mol. The Morgan fingerprint density at radius 2 is 2.22 bits per heavy atom. The lowest BCUT2D eigenvalue weighted by molar-refractivity contribution is 0.612. The van der Waals surface area contributed by atoms with Crippen molar-refractivity contribution < 1.29 is 0 Å². The van der Waals surface area contributed by atoms with Gasteiger partial charge >= 0.3 is 0 Å². The van der Waals surface area contributed by atoms with Crippen molar-refractivity contribution in [3.8, 4) is 0 Å². The second-order valence-electron chi connectivity index (χ2n) is 5.20. The summed E-state index contributed by atoms with van der Waals surface area (Å²) in [4.78, 5) is 9.63. The molecule has 0 atom stereocenters. The molecule has 4 heteroatoms. The Labute approximate surface area is 113 Å². The van der Waals surface area contributed by atoms with E-state index in [2.05, 4.69) is 12.2 Å². The lowest BCUT2D eigenvalue weighted by Crippen LogP contribution is -2.27. The van der Waals surface area contributed by atoms with Gasteiger partial charge in [-0.05, 0) is 25.0 Å². The molecule has 0 aromatic carbocycles. The van der Waals surface area contributed by atoms with Gasteiger partial charge in [-0.1, -0.05) is 6.92 Å². The third-order valence-electron chi connectivity index (χ3n) is 3.56. The first-order chi connectivity index (χ1) is 8.88. The van der Waals surface area contributed by atoms with Gasteiger partial charge in [0, 0.05) is 31.0 Å². The van der Waals surface area contributed by atoms with Gasteiger partial charge in [0.05, 0.1) is 17.1 Å². The van der Waals surface area contributed by atoms with Crippen molar-refractivity contribution in [2.45, 2.75) is 50.8 Å². The maximum atomic E-state index is 4.85. The van der Waals surface area contributed by atoms with Gasteiger partial charge < -0.3 is 5.32 Å². The quantitative estimate of drug-likeness (QED) is 0.829. The van der Waals surface area contributed by atoms with Crippen LogP contribution in [0.25, 0.3) is 0 Å². The van der Waals surface area contributed by atoms with Gasteiger partial charge in [0.2, 0.25) is 0 Å². The Morgan fingerprint density at radius 1 is 1.33 bits per heavy atom. The predicted octanol–water partition coefficient (Wildman–Crippen LogP) is 2.64. The van der Waals surface area contributed by atoms with Crippen LogP contribution in [0.2, 0.25) is 0 Å². The van der Waals surface area contributed by atoms with Crippen molar-refractivity contribution in [2.24, 2.45) is 0 Å². The van der Waals surface area contributed by atoms with E-state index in [1.165, 1.54) is 42.0 Å². The molecule has 2 aliphatic rings. The maximum Gasteiger partial charge on any atom is 0.138 e. The number of rotatable bonds is 5. The molecule has 1 fully saturated rings. The molecule has 1 aliphatic heterocycles. The molecule has 1 saturated carbocycles. The number of hydrogen-bond donors (Lipinski definition) is 1. The Kier molecular flexibility index (Phi) is 3.85. The zero-order valence-corrected chi connectivity index (χ0v) is 11.9. The van der Waals surface area contributed by atoms with Crippen LogP contribution in [0.15, 0.2) is 0 Å². The fourth-order valence-electron chi connectivity index (χ4n) is 2.49. The van der Waals surface area contributed by atoms with Gasteiger partial charge in [0.25, 0.3) is 0 Å². The molecule has 3 rings (SSSR count). The van der Waals surface area contributed by atoms with Crippen molar-refractivity contribution >= 4 is 11.8 Å². The summed E-state index contributed by atoms with van der Waals surface area (Å²) in [7, 11) is 0. The highest BCUT2D eigenvalue weighted by Crippen LogP contribution is 2.41. The molecule has 0 amide bonds. The zero-order chi connectivity index (χ0) is 12.4. The molecule has 1 aromatic heterocycles. The predicted molar refractivity (Wildman–Crippen MR) is 75.9 cm³/mol. The molecule has 1 aliphatic carbocycles. The number of fused-ring (bicyclic) bond motifs is 1. The van der Waals surface area contributed by atoms with E-state index in [9.17, 15) is 0 Å². The van der Waals surface area contributed by atoms with Crippen LogP contribution in [0, 0.1) is 0 Å². The molecule has 0 bridgehead atoms. The average molecular weight is 263 g/mol. The number of aromatic nitrogens is 2. The highest BCUT2D eigenvalue weighted by molar-refractivity contribution is 7.98. The molecule has 0 unspecified atom stereocenters. The second kappa shape index (κ2) is 5.57. The van der Waals surface area contributed by atoms with Crippen molar-refractivity contribution in [3.05, 3.63) is 22.8 Å². The molecule has 0 radical (unpaired) electrons. The van der Waals surface area contributed by atoms with E-state index in [0.29, 0.717) is 0 Å². The zero-order valence-electron chi connectivity index (χ0n) is 11.0. The van der Waals surface area contributed by atoms with Crippen LogP contribution in [-0.2, 0) is 18.7 Å². The van der Waals surface area contributed by atoms with Gasteiger partial charge in [-0.2, -0.15) is 11.8 Å². The van der Waals surface area contributed by atoms with E-state index >= 15 is 0 Å². The minimum Gasteiger partial charge on any atom is -0.312 e. The first kappa shape index (κ1) is 12.4. The molecular formula is C14H21N3S. The summed E-state index contributed by atoms with van der Waals surface area (Å²) < 4.78 is 0. The van der Waals surface area contributed by atoms with Gasteiger partial charge in [-0.3, -0.25) is 0 Å². The topological polar surface area (TPSA) is 37.8 Å². The number of hydrogen-bond acceptors (Lipinski definition) is 4. The molecule has 0 saturated heterocycles. The Hall–Kier alpha value is -0.610. The van der Waals surface area contributed by atoms with Gasteiger partial charge in [-0.25, -0.2) is 9.97 Å². The van der Waals surface area contributed by atoms with E-state index in [1.54, 1.807) is 0 Å². The lowest BCUT2D eigenvalue weighted by atomic mass is 10.0. The van der Waals surface area contributed by atoms with E-state index in [4.69, 9.17) is 9.97 Å². The van der Waals surface area contributed by atoms with Crippen molar-refractivity contribution in [1.29, 1.82) is 0 Å². The summed E-state index contributed by atoms with van der Waals surface area (Å²) in [5.74, 6) is 3.99. The van der Waals surface area contributed by atoms with Crippen LogP contribution in [0.5, 0.6) is 0 Å². The fraction of sp³-hybridized carbons (Fsp3) is 0.714. The van der Waals surface area contributed by atoms with E-state index < -0.39 is 0 Å². The van der Waals surface area contributed by atoms with Crippen molar-refractivity contribution in [1.82, 2.24) is 15.3 Å². The van der Waals surface area contributed by atoms with Gasteiger partial charge in [0.15, 0.2) is 0 Å². The summed E-state index contributed by atoms with van der Waals surface area (Å²) >= 11 is 1.96. The van der Waals surface area contributed by atoms with Gasteiger partial charge in [0.1, 0.15) is 5.82 Å². The van der Waals surface area contributed by atoms with Crippen LogP contribution in [-0.4, -0.2) is 22.3 Å². The van der Waals surface area contributed by atoms with Crippen LogP contribution in [0.4, 0.5) is 0 Å². The normalized spacial score (nSPS) is 18.7. The molecule has 18 heavy (non-hydrogen) atoms. The molecule has 1 N–H and O–H groups in total. The van der Waals surface area contributed by atoms with Crippen LogP contribution in [0.3, 0.4) is 0 Å². The van der Waals surface area contributed by atoms with Crippen LogP contribution >= 0.6 is 11.8 Å². The molecule has 3 nitrogen and oxygen atoms in total. The van der Waals surface area contributed by atoms with E-state index in [1.807, 2.05) is 11.8 Å². The summed E-state index contributed by atoms with van der Waals surface area (Å²) in [5, 5.41) is 3.45. The van der Waals surface area contributed by atoms with Crippen molar-refractivity contribution in [2.75, 3.05) is 12.3 Å². The first-order valence-corrected chi connectivity index (χ1v) is 8.21. The van der Waals surface area contributed by atoms with Gasteiger partial charge in [-0.15, -0.1) is 0 Å². The summed E-state index contributed by atoms with van der Waals surface area (Å²) in [6.45, 7) is 4.27. The minimum atomic E-state index is 0.733. The molecule has 0 spiro atoms. The summed E-state index contributed by atoms with van der Waals surface area (Å²) in [5.41, 5.74) is 4.09. The fourth-order valence-corrected chi connectivity index (χ4v) is 3.23. The third-order valence-corrected chi connectivity index (χ3v) is 4.71. The van der Waals surface area contributed by atoms with E-state index in [0.717, 1.165) is 37.0 Å². The number of nitrogens with zero attached hydrogens (tertiary/aromatic N) is 2. The number of nitrogens with one attached hydrogen (secondary N) is 1. The Morgan fingerprint density at radius 3 is 3.00 bits per heavy atom. The monoisotopic (exact) mass is 263 g/mol. The Bertz CT molecular complexity index is 429. The SMILES string of the molecule is CCCSCc1nc2c(c(C3CC3)n1)CNCC2. The lowest BCUT2D eigenvalue weighted by Gasteiger charge is -2.20. The largest absolute Gasteiger partial charge is 0.312 e. The third kappa shape index (κ3) is 2.69.